The highest BCUT2D eigenvalue weighted by Crippen LogP contribution is 2.49. The average molecular weight is 955 g/mol. The summed E-state index contributed by atoms with van der Waals surface area (Å²) in [6, 6.07) is 33.3. The maximum atomic E-state index is 14.0. The van der Waals surface area contributed by atoms with Gasteiger partial charge in [0.15, 0.2) is 20.9 Å². The molecule has 2 aliphatic heterocycles. The number of nitrogens with zero attached hydrogens (tertiary/aromatic N) is 2. The molecule has 1 aliphatic carbocycles. The number of para-hydroxylation sites is 2. The number of rotatable bonds is 19. The Hall–Kier alpha value is -4.91. The summed E-state index contributed by atoms with van der Waals surface area (Å²) < 4.78 is 50.9. The summed E-state index contributed by atoms with van der Waals surface area (Å²) in [5, 5.41) is 11.5. The van der Waals surface area contributed by atoms with Gasteiger partial charge in [-0.25, -0.2) is 9.59 Å². The van der Waals surface area contributed by atoms with Crippen molar-refractivity contribution in [3.63, 3.8) is 0 Å². The number of amides is 1. The van der Waals surface area contributed by atoms with Crippen LogP contribution in [0.4, 0.5) is 15.3 Å². The van der Waals surface area contributed by atoms with E-state index >= 15 is 0 Å². The third-order valence-corrected chi connectivity index (χ3v) is 19.6. The number of benzene rings is 4. The van der Waals surface area contributed by atoms with Gasteiger partial charge in [-0.2, -0.15) is 0 Å². The minimum absolute atomic E-state index is 0.0424. The van der Waals surface area contributed by atoms with Gasteiger partial charge in [0.05, 0.1) is 52.8 Å². The highest BCUT2D eigenvalue weighted by atomic mass is 32.2. The second-order valence-electron chi connectivity index (χ2n) is 17.0. The van der Waals surface area contributed by atoms with Crippen molar-refractivity contribution in [2.24, 2.45) is 0 Å². The topological polar surface area (TPSA) is 154 Å². The number of hydrogen-bond donors (Lipinski definition) is 0. The Morgan fingerprint density at radius 3 is 2.16 bits per heavy atom. The lowest BCUT2D eigenvalue weighted by Crippen LogP contribution is -2.68. The Morgan fingerprint density at radius 2 is 1.55 bits per heavy atom. The molecule has 16 heteroatoms. The van der Waals surface area contributed by atoms with Gasteiger partial charge in [0, 0.05) is 32.1 Å². The summed E-state index contributed by atoms with van der Waals surface area (Å²) >= 11 is 0.906. The van der Waals surface area contributed by atoms with E-state index in [1.807, 2.05) is 44.2 Å². The predicted molar refractivity (Wildman–Crippen MR) is 259 cm³/mol. The van der Waals surface area contributed by atoms with Crippen molar-refractivity contribution in [3.05, 3.63) is 143 Å². The normalized spacial score (nSPS) is 24.8. The molecule has 7 rings (SSSR count). The van der Waals surface area contributed by atoms with Crippen LogP contribution in [0.5, 0.6) is 5.75 Å². The fourth-order valence-corrected chi connectivity index (χ4v) is 13.6. The summed E-state index contributed by atoms with van der Waals surface area (Å²) in [4.78, 5) is 41.2. The van der Waals surface area contributed by atoms with Gasteiger partial charge >= 0.3 is 11.4 Å². The number of nitro benzene ring substituents is 1. The Bertz CT molecular complexity index is 2280. The zero-order chi connectivity index (χ0) is 47.7. The SMILES string of the molecule is C=C[C@]1(SC(=O)Oc2ccccc2)[C@H](O[Si](CC)(CC)CC)[C@@H](O[C@H]2C[C@H](OC)[C@@H](N(CC)C(=O)OCC3c4ccccc4-c4ccccc43)CO2)[C@H](OCc2ccccc2[N+](=O)[O-])O[C@@H]1C. The second-order valence-corrected chi connectivity index (χ2v) is 22.9. The first kappa shape index (κ1) is 50.0. The van der Waals surface area contributed by atoms with Crippen LogP contribution in [0.15, 0.2) is 116 Å². The molecule has 0 unspecified atom stereocenters. The molecule has 2 fully saturated rings. The molecule has 3 aliphatic rings. The molecule has 2 saturated heterocycles. The summed E-state index contributed by atoms with van der Waals surface area (Å²) in [6.45, 7) is 14.6. The third kappa shape index (κ3) is 10.7. The van der Waals surface area contributed by atoms with Gasteiger partial charge in [-0.3, -0.25) is 10.1 Å². The van der Waals surface area contributed by atoms with Crippen LogP contribution in [-0.2, 0) is 39.5 Å². The molecule has 14 nitrogen and oxygen atoms in total. The maximum absolute atomic E-state index is 14.0. The Morgan fingerprint density at radius 1 is 0.925 bits per heavy atom. The molecule has 0 spiro atoms. The molecule has 0 aromatic heterocycles. The minimum atomic E-state index is -2.55. The highest BCUT2D eigenvalue weighted by Gasteiger charge is 2.59. The van der Waals surface area contributed by atoms with Crippen molar-refractivity contribution in [2.75, 3.05) is 26.9 Å². The van der Waals surface area contributed by atoms with Crippen LogP contribution in [0.1, 0.15) is 63.6 Å². The van der Waals surface area contributed by atoms with E-state index in [1.54, 1.807) is 60.6 Å². The van der Waals surface area contributed by atoms with Crippen LogP contribution in [0.3, 0.4) is 0 Å². The first-order valence-corrected chi connectivity index (χ1v) is 26.5. The molecule has 4 aromatic rings. The van der Waals surface area contributed by atoms with E-state index < -0.39 is 72.4 Å². The molecular formula is C51H62N2O12SSi. The van der Waals surface area contributed by atoms with Crippen LogP contribution in [0.25, 0.3) is 11.1 Å². The van der Waals surface area contributed by atoms with Gasteiger partial charge in [-0.1, -0.05) is 106 Å². The summed E-state index contributed by atoms with van der Waals surface area (Å²) in [5.74, 6) is 0.261. The van der Waals surface area contributed by atoms with E-state index in [1.165, 1.54) is 6.07 Å². The number of thioether (sulfide) groups is 1. The van der Waals surface area contributed by atoms with Gasteiger partial charge < -0.3 is 42.5 Å². The fraction of sp³-hybridized carbons (Fsp3) is 0.451. The molecule has 0 saturated carbocycles. The van der Waals surface area contributed by atoms with Crippen LogP contribution < -0.4 is 4.74 Å². The predicted octanol–water partition coefficient (Wildman–Crippen LogP) is 10.9. The van der Waals surface area contributed by atoms with Crippen molar-refractivity contribution >= 4 is 37.2 Å². The van der Waals surface area contributed by atoms with E-state index in [0.29, 0.717) is 17.9 Å². The number of hydrogen-bond acceptors (Lipinski definition) is 13. The quantitative estimate of drug-likeness (QED) is 0.0288. The third-order valence-electron chi connectivity index (χ3n) is 13.6. The number of ether oxygens (including phenoxy) is 7. The summed E-state index contributed by atoms with van der Waals surface area (Å²) in [7, 11) is -0.964. The fourth-order valence-electron chi connectivity index (χ4n) is 9.63. The zero-order valence-corrected chi connectivity index (χ0v) is 40.9. The smallest absolute Gasteiger partial charge is 0.410 e. The highest BCUT2D eigenvalue weighted by molar-refractivity contribution is 8.14. The van der Waals surface area contributed by atoms with Crippen LogP contribution in [-0.4, -0.2) is 104 Å². The lowest BCUT2D eigenvalue weighted by Gasteiger charge is -2.54. The number of carbonyl (C=O) groups excluding carboxylic acids is 2. The molecule has 358 valence electrons. The first-order valence-electron chi connectivity index (χ1n) is 23.1. The molecule has 0 radical (unpaired) electrons. The van der Waals surface area contributed by atoms with Gasteiger partial charge in [0.2, 0.25) is 0 Å². The van der Waals surface area contributed by atoms with Crippen LogP contribution >= 0.6 is 11.8 Å². The summed E-state index contributed by atoms with van der Waals surface area (Å²) in [6.07, 6.45) is -4.04. The van der Waals surface area contributed by atoms with Gasteiger partial charge in [-0.05, 0) is 84.2 Å². The maximum Gasteiger partial charge on any atom is 0.410 e. The van der Waals surface area contributed by atoms with Gasteiger partial charge in [-0.15, -0.1) is 6.58 Å². The Kier molecular flexibility index (Phi) is 16.8. The first-order chi connectivity index (χ1) is 32.4. The summed E-state index contributed by atoms with van der Waals surface area (Å²) in [5.41, 5.74) is 4.75. The number of likely N-dealkylation sites (N-methyl/N-ethyl adjacent to an activating group) is 1. The monoisotopic (exact) mass is 954 g/mol. The van der Waals surface area contributed by atoms with E-state index in [9.17, 15) is 19.7 Å². The Balaban J connectivity index is 1.16. The zero-order valence-electron chi connectivity index (χ0n) is 39.1. The van der Waals surface area contributed by atoms with Crippen molar-refractivity contribution in [1.82, 2.24) is 4.90 Å². The lowest BCUT2D eigenvalue weighted by molar-refractivity contribution is -0.386. The number of methoxy groups -OCH3 is 1. The average Bonchev–Trinajstić information content (AvgIpc) is 3.67. The van der Waals surface area contributed by atoms with Crippen LogP contribution in [0.2, 0.25) is 18.1 Å². The van der Waals surface area contributed by atoms with Crippen molar-refractivity contribution < 1.29 is 52.1 Å². The lowest BCUT2D eigenvalue weighted by atomic mass is 9.88. The molecule has 8 atom stereocenters. The van der Waals surface area contributed by atoms with Gasteiger partial charge in [0.1, 0.15) is 18.5 Å². The molecule has 1 amide bonds. The minimum Gasteiger partial charge on any atom is -0.448 e. The number of carbonyl (C=O) groups is 2. The Labute approximate surface area is 398 Å². The van der Waals surface area contributed by atoms with E-state index in [0.717, 1.165) is 52.1 Å². The molecule has 67 heavy (non-hydrogen) atoms. The van der Waals surface area contributed by atoms with Crippen molar-refractivity contribution in [2.45, 2.75) is 119 Å². The van der Waals surface area contributed by atoms with E-state index in [2.05, 4.69) is 51.6 Å². The van der Waals surface area contributed by atoms with Gasteiger partial charge in [0.25, 0.3) is 5.69 Å². The molecule has 0 bridgehead atoms. The van der Waals surface area contributed by atoms with E-state index in [-0.39, 0.29) is 37.8 Å². The number of nitro groups is 1. The van der Waals surface area contributed by atoms with Crippen molar-refractivity contribution in [1.29, 1.82) is 0 Å². The van der Waals surface area contributed by atoms with Crippen LogP contribution in [0, 0.1) is 10.1 Å². The van der Waals surface area contributed by atoms with E-state index in [4.69, 9.17) is 37.6 Å². The second kappa shape index (κ2) is 22.5. The largest absolute Gasteiger partial charge is 0.448 e. The molecular weight excluding hydrogens is 893 g/mol. The molecule has 2 heterocycles. The molecule has 4 aromatic carbocycles. The standard InChI is InChI=1S/C51H62N2O12SSi/c1-8-51(66-50(55)63-36-23-14-13-15-24-36)34(6)62-48(60-31-35-22-16-21-29-42(35)53(56)57)46(47(51)65-67(10-3,11-4)12-5)64-45-30-44(58-7)43(33-59-45)52(9-2)49(54)61-32-41-39-27-19-17-25-37(39)38-26-18-20-28-40(38)41/h8,13-29,34,41,43-48H,1,9-12,30-33H2,2-7H3/t34-,43+,44+,45+,46-,47-,48-,51-/m1/s1. The number of fused-ring (bicyclic) bond motifs is 3. The van der Waals surface area contributed by atoms with Crippen molar-refractivity contribution in [3.8, 4) is 16.9 Å². The molecule has 0 N–H and O–H groups in total.